The van der Waals surface area contributed by atoms with E-state index in [4.69, 9.17) is 0 Å². The summed E-state index contributed by atoms with van der Waals surface area (Å²) in [6.45, 7) is 7.85. The van der Waals surface area contributed by atoms with Gasteiger partial charge in [0.15, 0.2) is 0 Å². The Morgan fingerprint density at radius 2 is 1.92 bits per heavy atom. The highest BCUT2D eigenvalue weighted by Crippen LogP contribution is 2.03. The third-order valence-corrected chi connectivity index (χ3v) is 1.89. The van der Waals surface area contributed by atoms with Crippen LogP contribution in [-0.2, 0) is 6.54 Å². The molecule has 1 rings (SSSR count). The van der Waals surface area contributed by atoms with Crippen molar-refractivity contribution in [2.75, 3.05) is 6.54 Å². The molecule has 0 atom stereocenters. The topological polar surface area (TPSA) is 3.24 Å². The lowest BCUT2D eigenvalue weighted by atomic mass is 10.2. The van der Waals surface area contributed by atoms with Crippen LogP contribution in [0.15, 0.2) is 43.1 Å². The Hall–Kier alpha value is -0.950. The van der Waals surface area contributed by atoms with Gasteiger partial charge in [-0.05, 0) is 18.7 Å². The van der Waals surface area contributed by atoms with Crippen molar-refractivity contribution in [3.63, 3.8) is 0 Å². The quantitative estimate of drug-likeness (QED) is 0.717. The SMILES string of the molecule is C=CN(CC)Cc1ccccc1.Cl. The Balaban J connectivity index is 0.00000144. The fraction of sp³-hybridized carbons (Fsp3) is 0.273. The van der Waals surface area contributed by atoms with Crippen molar-refractivity contribution in [2.24, 2.45) is 0 Å². The van der Waals surface area contributed by atoms with Gasteiger partial charge in [-0.25, -0.2) is 0 Å². The minimum atomic E-state index is 0. The van der Waals surface area contributed by atoms with Crippen LogP contribution in [0.5, 0.6) is 0 Å². The molecule has 0 radical (unpaired) electrons. The molecular weight excluding hydrogens is 182 g/mol. The van der Waals surface area contributed by atoms with Crippen molar-refractivity contribution >= 4 is 12.4 Å². The molecule has 0 aliphatic carbocycles. The van der Waals surface area contributed by atoms with Crippen LogP contribution in [0.25, 0.3) is 0 Å². The van der Waals surface area contributed by atoms with Gasteiger partial charge in [0.2, 0.25) is 0 Å². The van der Waals surface area contributed by atoms with Crippen LogP contribution in [-0.4, -0.2) is 11.4 Å². The molecule has 0 aliphatic rings. The second-order valence-corrected chi connectivity index (χ2v) is 2.73. The van der Waals surface area contributed by atoms with Crippen LogP contribution in [0, 0.1) is 0 Å². The van der Waals surface area contributed by atoms with Crippen molar-refractivity contribution < 1.29 is 0 Å². The van der Waals surface area contributed by atoms with Crippen molar-refractivity contribution in [3.8, 4) is 0 Å². The highest BCUT2D eigenvalue weighted by molar-refractivity contribution is 5.85. The largest absolute Gasteiger partial charge is 0.374 e. The molecule has 0 aliphatic heterocycles. The maximum atomic E-state index is 3.75. The molecule has 0 unspecified atom stereocenters. The van der Waals surface area contributed by atoms with Gasteiger partial charge in [-0.1, -0.05) is 36.9 Å². The van der Waals surface area contributed by atoms with E-state index in [2.05, 4.69) is 42.7 Å². The van der Waals surface area contributed by atoms with E-state index < -0.39 is 0 Å². The Morgan fingerprint density at radius 1 is 1.31 bits per heavy atom. The third-order valence-electron chi connectivity index (χ3n) is 1.89. The summed E-state index contributed by atoms with van der Waals surface area (Å²) in [4.78, 5) is 2.18. The highest BCUT2D eigenvalue weighted by Gasteiger charge is 1.95. The molecule has 0 fully saturated rings. The van der Waals surface area contributed by atoms with Crippen molar-refractivity contribution in [3.05, 3.63) is 48.7 Å². The van der Waals surface area contributed by atoms with E-state index in [1.165, 1.54) is 5.56 Å². The van der Waals surface area contributed by atoms with E-state index in [0.717, 1.165) is 13.1 Å². The minimum absolute atomic E-state index is 0. The molecular formula is C11H16ClN. The van der Waals surface area contributed by atoms with Crippen LogP contribution < -0.4 is 0 Å². The fourth-order valence-corrected chi connectivity index (χ4v) is 1.12. The predicted molar refractivity (Wildman–Crippen MR) is 60.0 cm³/mol. The van der Waals surface area contributed by atoms with E-state index in [-0.39, 0.29) is 12.4 Å². The Bertz CT molecular complexity index is 233. The summed E-state index contributed by atoms with van der Waals surface area (Å²) in [5.41, 5.74) is 1.33. The number of halogens is 1. The lowest BCUT2D eigenvalue weighted by Gasteiger charge is -2.17. The molecule has 0 amide bonds. The number of rotatable bonds is 4. The number of hydrogen-bond donors (Lipinski definition) is 0. The fourth-order valence-electron chi connectivity index (χ4n) is 1.12. The zero-order chi connectivity index (χ0) is 8.81. The van der Waals surface area contributed by atoms with E-state index in [0.29, 0.717) is 0 Å². The van der Waals surface area contributed by atoms with Crippen molar-refractivity contribution in [2.45, 2.75) is 13.5 Å². The standard InChI is InChI=1S/C11H15N.ClH/c1-3-12(4-2)10-11-8-6-5-7-9-11;/h3,5-9H,1,4,10H2,2H3;1H. The molecule has 0 bridgehead atoms. The molecule has 2 heteroatoms. The van der Waals surface area contributed by atoms with Crippen LogP contribution in [0.2, 0.25) is 0 Å². The first-order chi connectivity index (χ1) is 5.86. The Morgan fingerprint density at radius 3 is 2.38 bits per heavy atom. The van der Waals surface area contributed by atoms with Crippen molar-refractivity contribution in [1.29, 1.82) is 0 Å². The summed E-state index contributed by atoms with van der Waals surface area (Å²) in [5.74, 6) is 0. The summed E-state index contributed by atoms with van der Waals surface area (Å²) in [7, 11) is 0. The first kappa shape index (κ1) is 12.0. The molecule has 0 heterocycles. The average Bonchev–Trinajstić information content (AvgIpc) is 2.16. The van der Waals surface area contributed by atoms with Gasteiger partial charge in [0.05, 0.1) is 0 Å². The van der Waals surface area contributed by atoms with Crippen LogP contribution >= 0.6 is 12.4 Å². The number of nitrogens with zero attached hydrogens (tertiary/aromatic N) is 1. The molecule has 72 valence electrons. The molecule has 0 saturated heterocycles. The van der Waals surface area contributed by atoms with E-state index in [1.807, 2.05) is 12.3 Å². The Kier molecular flexibility index (Phi) is 6.07. The van der Waals surface area contributed by atoms with Gasteiger partial charge in [0, 0.05) is 13.1 Å². The van der Waals surface area contributed by atoms with Gasteiger partial charge >= 0.3 is 0 Å². The second-order valence-electron chi connectivity index (χ2n) is 2.73. The monoisotopic (exact) mass is 197 g/mol. The van der Waals surface area contributed by atoms with Crippen molar-refractivity contribution in [1.82, 2.24) is 4.90 Å². The maximum absolute atomic E-state index is 3.75. The smallest absolute Gasteiger partial charge is 0.0423 e. The zero-order valence-electron chi connectivity index (χ0n) is 7.94. The first-order valence-electron chi connectivity index (χ1n) is 4.27. The summed E-state index contributed by atoms with van der Waals surface area (Å²) >= 11 is 0. The highest BCUT2D eigenvalue weighted by atomic mass is 35.5. The molecule has 1 nitrogen and oxygen atoms in total. The van der Waals surface area contributed by atoms with E-state index in [9.17, 15) is 0 Å². The van der Waals surface area contributed by atoms with Gasteiger partial charge in [0.1, 0.15) is 0 Å². The van der Waals surface area contributed by atoms with Gasteiger partial charge in [-0.15, -0.1) is 12.4 Å². The van der Waals surface area contributed by atoms with Crippen LogP contribution in [0.3, 0.4) is 0 Å². The van der Waals surface area contributed by atoms with E-state index in [1.54, 1.807) is 0 Å². The van der Waals surface area contributed by atoms with Gasteiger partial charge < -0.3 is 4.90 Å². The van der Waals surface area contributed by atoms with E-state index >= 15 is 0 Å². The maximum Gasteiger partial charge on any atom is 0.0423 e. The number of benzene rings is 1. The normalized spacial score (nSPS) is 8.69. The second kappa shape index (κ2) is 6.55. The third kappa shape index (κ3) is 4.00. The zero-order valence-corrected chi connectivity index (χ0v) is 8.76. The summed E-state index contributed by atoms with van der Waals surface area (Å²) in [5, 5.41) is 0. The summed E-state index contributed by atoms with van der Waals surface area (Å²) < 4.78 is 0. The molecule has 0 aromatic heterocycles. The van der Waals surface area contributed by atoms with Gasteiger partial charge in [-0.2, -0.15) is 0 Å². The van der Waals surface area contributed by atoms with Gasteiger partial charge in [0.25, 0.3) is 0 Å². The van der Waals surface area contributed by atoms with Crippen LogP contribution in [0.1, 0.15) is 12.5 Å². The molecule has 13 heavy (non-hydrogen) atoms. The predicted octanol–water partition coefficient (Wildman–Crippen LogP) is 3.07. The first-order valence-corrected chi connectivity index (χ1v) is 4.27. The van der Waals surface area contributed by atoms with Gasteiger partial charge in [-0.3, -0.25) is 0 Å². The Labute approximate surface area is 86.5 Å². The summed E-state index contributed by atoms with van der Waals surface area (Å²) in [6.07, 6.45) is 1.88. The van der Waals surface area contributed by atoms with Crippen LogP contribution in [0.4, 0.5) is 0 Å². The average molecular weight is 198 g/mol. The summed E-state index contributed by atoms with van der Waals surface area (Å²) in [6, 6.07) is 10.4. The lowest BCUT2D eigenvalue weighted by molar-refractivity contribution is 0.391. The molecule has 1 aromatic rings. The molecule has 1 aromatic carbocycles. The minimum Gasteiger partial charge on any atom is -0.374 e. The molecule has 0 spiro atoms. The molecule has 0 saturated carbocycles. The molecule has 0 N–H and O–H groups in total. The number of hydrogen-bond acceptors (Lipinski definition) is 1. The lowest BCUT2D eigenvalue weighted by Crippen LogP contribution is -2.14.